The van der Waals surface area contributed by atoms with Crippen LogP contribution >= 0.6 is 12.8 Å². The van der Waals surface area contributed by atoms with Crippen LogP contribution in [0.3, 0.4) is 0 Å². The van der Waals surface area contributed by atoms with Gasteiger partial charge in [0.2, 0.25) is 5.91 Å². The number of phenols is 1. The highest BCUT2D eigenvalue weighted by atomic mass is 32.1. The van der Waals surface area contributed by atoms with Gasteiger partial charge in [0.05, 0.1) is 6.04 Å². The van der Waals surface area contributed by atoms with E-state index in [9.17, 15) is 4.79 Å². The maximum Gasteiger partial charge on any atom is 0.246 e. The van der Waals surface area contributed by atoms with E-state index < -0.39 is 6.04 Å². The van der Waals surface area contributed by atoms with Gasteiger partial charge in [0, 0.05) is 0 Å². The van der Waals surface area contributed by atoms with Gasteiger partial charge < -0.3 is 15.6 Å². The number of carbonyl (C=O) groups excluding carboxylic acids is 1. The molecule has 4 nitrogen and oxygen atoms in total. The minimum absolute atomic E-state index is 0.195. The van der Waals surface area contributed by atoms with Crippen molar-refractivity contribution in [3.63, 3.8) is 0 Å². The van der Waals surface area contributed by atoms with Crippen molar-refractivity contribution in [2.45, 2.75) is 12.5 Å². The highest BCUT2D eigenvalue weighted by Gasteiger charge is 2.11. The van der Waals surface area contributed by atoms with Gasteiger partial charge in [-0.2, -0.15) is 0 Å². The molecule has 0 unspecified atom stereocenters. The van der Waals surface area contributed by atoms with Crippen molar-refractivity contribution in [1.82, 2.24) is 4.72 Å². The van der Waals surface area contributed by atoms with E-state index in [0.717, 1.165) is 5.56 Å². The fourth-order valence-electron chi connectivity index (χ4n) is 1.06. The van der Waals surface area contributed by atoms with Gasteiger partial charge in [-0.3, -0.25) is 4.79 Å². The van der Waals surface area contributed by atoms with Crippen LogP contribution < -0.4 is 10.5 Å². The van der Waals surface area contributed by atoms with E-state index in [1.807, 2.05) is 0 Å². The zero-order valence-electron chi connectivity index (χ0n) is 7.47. The molecule has 0 heterocycles. The Morgan fingerprint density at radius 3 is 2.57 bits per heavy atom. The number of nitrogens with one attached hydrogen (secondary N) is 1. The van der Waals surface area contributed by atoms with Crippen molar-refractivity contribution < 1.29 is 9.90 Å². The van der Waals surface area contributed by atoms with Gasteiger partial charge in [-0.1, -0.05) is 24.9 Å². The predicted molar refractivity (Wildman–Crippen MR) is 56.9 cm³/mol. The second-order valence-electron chi connectivity index (χ2n) is 2.95. The summed E-state index contributed by atoms with van der Waals surface area (Å²) in [5.74, 6) is -0.123. The molecule has 4 N–H and O–H groups in total. The number of nitrogens with two attached hydrogens (primary N) is 1. The van der Waals surface area contributed by atoms with Gasteiger partial charge in [-0.15, -0.1) is 0 Å². The van der Waals surface area contributed by atoms with E-state index in [0.29, 0.717) is 6.42 Å². The maximum atomic E-state index is 11.0. The first-order chi connectivity index (χ1) is 6.63. The van der Waals surface area contributed by atoms with E-state index in [1.165, 1.54) is 0 Å². The van der Waals surface area contributed by atoms with Crippen LogP contribution in [0.2, 0.25) is 0 Å². The van der Waals surface area contributed by atoms with Crippen LogP contribution in [0.1, 0.15) is 5.56 Å². The Hall–Kier alpha value is -1.20. The summed E-state index contributed by atoms with van der Waals surface area (Å²) in [6.07, 6.45) is 0.423. The van der Waals surface area contributed by atoms with Crippen molar-refractivity contribution >= 4 is 18.7 Å². The number of benzene rings is 1. The average Bonchev–Trinajstić information content (AvgIpc) is 2.20. The Kier molecular flexibility index (Phi) is 3.79. The van der Waals surface area contributed by atoms with Crippen molar-refractivity contribution in [3.05, 3.63) is 29.8 Å². The number of carbonyl (C=O) groups is 1. The highest BCUT2D eigenvalue weighted by Crippen LogP contribution is 2.10. The van der Waals surface area contributed by atoms with Crippen molar-refractivity contribution in [3.8, 4) is 5.75 Å². The van der Waals surface area contributed by atoms with E-state index in [2.05, 4.69) is 17.5 Å². The van der Waals surface area contributed by atoms with Crippen LogP contribution in [0.25, 0.3) is 0 Å². The van der Waals surface area contributed by atoms with Crippen molar-refractivity contribution in [2.24, 2.45) is 5.73 Å². The maximum absolute atomic E-state index is 11.0. The standard InChI is InChI=1S/C9H12N2O2S/c10-8(9(13)11-14)5-6-1-3-7(12)4-2-6/h1-4,8,12,14H,5,10H2,(H,11,13)/t8-/m0/s1. The van der Waals surface area contributed by atoms with Gasteiger partial charge in [0.1, 0.15) is 5.75 Å². The van der Waals surface area contributed by atoms with E-state index in [4.69, 9.17) is 10.8 Å². The summed E-state index contributed by atoms with van der Waals surface area (Å²) in [5.41, 5.74) is 6.47. The number of aromatic hydroxyl groups is 1. The molecular formula is C9H12N2O2S. The molecule has 1 atom stereocenters. The third-order valence-electron chi connectivity index (χ3n) is 1.84. The summed E-state index contributed by atoms with van der Waals surface area (Å²) in [7, 11) is 0. The van der Waals surface area contributed by atoms with Crippen molar-refractivity contribution in [2.75, 3.05) is 0 Å². The zero-order chi connectivity index (χ0) is 10.6. The molecule has 0 aliphatic carbocycles. The molecule has 0 saturated carbocycles. The number of hydrogen-bond acceptors (Lipinski definition) is 4. The first kappa shape index (κ1) is 10.9. The van der Waals surface area contributed by atoms with Crippen molar-refractivity contribution in [1.29, 1.82) is 0 Å². The molecule has 0 aliphatic heterocycles. The molecule has 0 aliphatic rings. The van der Waals surface area contributed by atoms with Crippen LogP contribution in [-0.2, 0) is 11.2 Å². The molecule has 5 heteroatoms. The lowest BCUT2D eigenvalue weighted by Crippen LogP contribution is -2.38. The van der Waals surface area contributed by atoms with Crippen LogP contribution in [0.4, 0.5) is 0 Å². The van der Waals surface area contributed by atoms with Gasteiger partial charge in [0.15, 0.2) is 0 Å². The number of hydrogen-bond donors (Lipinski definition) is 4. The first-order valence-electron chi connectivity index (χ1n) is 4.11. The lowest BCUT2D eigenvalue weighted by molar-refractivity contribution is -0.120. The number of thiol groups is 1. The molecular weight excluding hydrogens is 200 g/mol. The topological polar surface area (TPSA) is 75.3 Å². The fraction of sp³-hybridized carbons (Fsp3) is 0.222. The Morgan fingerprint density at radius 2 is 2.07 bits per heavy atom. The van der Waals surface area contributed by atoms with Gasteiger partial charge in [0.25, 0.3) is 0 Å². The molecule has 0 radical (unpaired) electrons. The third kappa shape index (κ3) is 2.93. The van der Waals surface area contributed by atoms with E-state index in [1.54, 1.807) is 24.3 Å². The molecule has 0 fully saturated rings. The molecule has 0 spiro atoms. The smallest absolute Gasteiger partial charge is 0.246 e. The lowest BCUT2D eigenvalue weighted by atomic mass is 10.1. The molecule has 1 aromatic carbocycles. The highest BCUT2D eigenvalue weighted by molar-refractivity contribution is 7.78. The fourth-order valence-corrected chi connectivity index (χ4v) is 1.23. The third-order valence-corrected chi connectivity index (χ3v) is 2.06. The predicted octanol–water partition coefficient (Wildman–Crippen LogP) is 0.223. The Bertz CT molecular complexity index is 313. The van der Waals surface area contributed by atoms with E-state index in [-0.39, 0.29) is 11.7 Å². The molecule has 0 saturated heterocycles. The molecule has 1 amide bonds. The Labute approximate surface area is 87.7 Å². The monoisotopic (exact) mass is 212 g/mol. The number of phenolic OH excluding ortho intramolecular Hbond substituents is 1. The van der Waals surface area contributed by atoms with Crippen LogP contribution in [0.5, 0.6) is 5.75 Å². The molecule has 1 aromatic rings. The van der Waals surface area contributed by atoms with Gasteiger partial charge >= 0.3 is 0 Å². The largest absolute Gasteiger partial charge is 0.508 e. The molecule has 0 aromatic heterocycles. The molecule has 76 valence electrons. The summed E-state index contributed by atoms with van der Waals surface area (Å²) in [5, 5.41) is 9.02. The summed E-state index contributed by atoms with van der Waals surface area (Å²) in [6, 6.07) is 5.94. The van der Waals surface area contributed by atoms with Crippen LogP contribution in [-0.4, -0.2) is 17.1 Å². The minimum atomic E-state index is -0.614. The Morgan fingerprint density at radius 1 is 1.50 bits per heavy atom. The number of rotatable bonds is 3. The van der Waals surface area contributed by atoms with E-state index >= 15 is 0 Å². The molecule has 1 rings (SSSR count). The van der Waals surface area contributed by atoms with Gasteiger partial charge in [-0.05, 0) is 24.1 Å². The average molecular weight is 212 g/mol. The first-order valence-corrected chi connectivity index (χ1v) is 4.55. The van der Waals surface area contributed by atoms with Crippen LogP contribution in [0, 0.1) is 0 Å². The second-order valence-corrected chi connectivity index (χ2v) is 3.18. The lowest BCUT2D eigenvalue weighted by Gasteiger charge is -2.09. The minimum Gasteiger partial charge on any atom is -0.508 e. The summed E-state index contributed by atoms with van der Waals surface area (Å²) in [6.45, 7) is 0. The summed E-state index contributed by atoms with van der Waals surface area (Å²) < 4.78 is 2.18. The SMILES string of the molecule is N[C@@H](Cc1ccc(O)cc1)C(=O)NS. The summed E-state index contributed by atoms with van der Waals surface area (Å²) >= 11 is 3.62. The van der Waals surface area contributed by atoms with Gasteiger partial charge in [-0.25, -0.2) is 0 Å². The second kappa shape index (κ2) is 4.88. The quantitative estimate of drug-likeness (QED) is 0.542. The zero-order valence-corrected chi connectivity index (χ0v) is 8.37. The molecule has 14 heavy (non-hydrogen) atoms. The molecule has 0 bridgehead atoms. The Balaban J connectivity index is 2.60. The normalized spacial score (nSPS) is 12.1. The summed E-state index contributed by atoms with van der Waals surface area (Å²) in [4.78, 5) is 11.0. The van der Waals surface area contributed by atoms with Crippen LogP contribution in [0.15, 0.2) is 24.3 Å². The number of amides is 1.